The normalized spacial score (nSPS) is 15.4. The Kier molecular flexibility index (Phi) is 4.29. The number of primary sulfonamides is 1. The molecule has 1 aliphatic heterocycles. The molecular formula is C13H18N2O4S. The minimum atomic E-state index is -3.79. The molecule has 1 saturated heterocycles. The van der Waals surface area contributed by atoms with E-state index in [1.165, 1.54) is 25.3 Å². The molecule has 0 unspecified atom stereocenters. The first kappa shape index (κ1) is 14.8. The first-order valence-corrected chi connectivity index (χ1v) is 7.94. The van der Waals surface area contributed by atoms with Gasteiger partial charge in [0.15, 0.2) is 0 Å². The second kappa shape index (κ2) is 5.80. The van der Waals surface area contributed by atoms with Crippen molar-refractivity contribution in [3.63, 3.8) is 0 Å². The largest absolute Gasteiger partial charge is 0.496 e. The number of rotatable bonds is 4. The van der Waals surface area contributed by atoms with E-state index in [1.54, 1.807) is 4.90 Å². The molecule has 6 nitrogen and oxygen atoms in total. The Labute approximate surface area is 118 Å². The molecule has 0 atom stereocenters. The van der Waals surface area contributed by atoms with E-state index in [9.17, 15) is 13.2 Å². The van der Waals surface area contributed by atoms with Crippen molar-refractivity contribution < 1.29 is 17.9 Å². The Bertz CT molecular complexity index is 607. The third kappa shape index (κ3) is 3.29. The van der Waals surface area contributed by atoms with Crippen molar-refractivity contribution in [2.45, 2.75) is 24.2 Å². The molecule has 1 amide bonds. The lowest BCUT2D eigenvalue weighted by Gasteiger charge is -2.16. The fourth-order valence-electron chi connectivity index (χ4n) is 2.31. The van der Waals surface area contributed by atoms with Crippen LogP contribution in [-0.4, -0.2) is 39.4 Å². The summed E-state index contributed by atoms with van der Waals surface area (Å²) >= 11 is 0. The number of likely N-dealkylation sites (tertiary alicyclic amines) is 1. The standard InChI is InChI=1S/C13H18N2O4S/c1-19-12-5-4-11(20(14,17)18)8-10(12)9-13(16)15-6-2-3-7-15/h4-5,8H,2-3,6-7,9H2,1H3,(H2,14,17,18). The van der Waals surface area contributed by atoms with Crippen LogP contribution in [0.3, 0.4) is 0 Å². The van der Waals surface area contributed by atoms with Gasteiger partial charge in [-0.15, -0.1) is 0 Å². The molecule has 1 aromatic carbocycles. The van der Waals surface area contributed by atoms with E-state index >= 15 is 0 Å². The molecule has 0 spiro atoms. The fraction of sp³-hybridized carbons (Fsp3) is 0.462. The van der Waals surface area contributed by atoms with Gasteiger partial charge >= 0.3 is 0 Å². The van der Waals surface area contributed by atoms with E-state index < -0.39 is 10.0 Å². The molecule has 1 aromatic rings. The summed E-state index contributed by atoms with van der Waals surface area (Å²) in [5.41, 5.74) is 0.538. The van der Waals surface area contributed by atoms with Crippen molar-refractivity contribution in [1.82, 2.24) is 4.90 Å². The number of hydrogen-bond acceptors (Lipinski definition) is 4. The Morgan fingerprint density at radius 1 is 1.35 bits per heavy atom. The summed E-state index contributed by atoms with van der Waals surface area (Å²) in [6.07, 6.45) is 2.15. The van der Waals surface area contributed by atoms with Gasteiger partial charge < -0.3 is 9.64 Å². The summed E-state index contributed by atoms with van der Waals surface area (Å²) in [5.74, 6) is 0.470. The predicted molar refractivity (Wildman–Crippen MR) is 73.9 cm³/mol. The Balaban J connectivity index is 2.26. The number of hydrogen-bond donors (Lipinski definition) is 1. The highest BCUT2D eigenvalue weighted by Gasteiger charge is 2.20. The molecule has 2 rings (SSSR count). The zero-order chi connectivity index (χ0) is 14.8. The highest BCUT2D eigenvalue weighted by Crippen LogP contribution is 2.23. The van der Waals surface area contributed by atoms with Gasteiger partial charge in [-0.1, -0.05) is 0 Å². The van der Waals surface area contributed by atoms with Gasteiger partial charge in [-0.25, -0.2) is 13.6 Å². The first-order valence-electron chi connectivity index (χ1n) is 6.39. The van der Waals surface area contributed by atoms with Crippen molar-refractivity contribution >= 4 is 15.9 Å². The Hall–Kier alpha value is -1.60. The fourth-order valence-corrected chi connectivity index (χ4v) is 2.88. The molecule has 1 heterocycles. The van der Waals surface area contributed by atoms with Gasteiger partial charge in [-0.05, 0) is 31.0 Å². The summed E-state index contributed by atoms with van der Waals surface area (Å²) in [5, 5.41) is 5.11. The smallest absolute Gasteiger partial charge is 0.238 e. The van der Waals surface area contributed by atoms with Gasteiger partial charge in [0.05, 0.1) is 18.4 Å². The average molecular weight is 298 g/mol. The van der Waals surface area contributed by atoms with E-state index in [2.05, 4.69) is 0 Å². The summed E-state index contributed by atoms with van der Waals surface area (Å²) in [7, 11) is -2.30. The van der Waals surface area contributed by atoms with Crippen LogP contribution in [0.15, 0.2) is 23.1 Å². The van der Waals surface area contributed by atoms with E-state index in [4.69, 9.17) is 9.88 Å². The van der Waals surface area contributed by atoms with Crippen LogP contribution in [0.2, 0.25) is 0 Å². The second-order valence-electron chi connectivity index (χ2n) is 4.78. The van der Waals surface area contributed by atoms with Gasteiger partial charge in [0.1, 0.15) is 5.75 Å². The SMILES string of the molecule is COc1ccc(S(N)(=O)=O)cc1CC(=O)N1CCCC1. The van der Waals surface area contributed by atoms with Crippen LogP contribution >= 0.6 is 0 Å². The summed E-state index contributed by atoms with van der Waals surface area (Å²) in [6.45, 7) is 1.52. The number of nitrogens with two attached hydrogens (primary N) is 1. The van der Waals surface area contributed by atoms with E-state index in [-0.39, 0.29) is 17.2 Å². The number of methoxy groups -OCH3 is 1. The van der Waals surface area contributed by atoms with Crippen molar-refractivity contribution in [1.29, 1.82) is 0 Å². The van der Waals surface area contributed by atoms with Crippen molar-refractivity contribution in [2.75, 3.05) is 20.2 Å². The molecule has 1 aliphatic rings. The van der Waals surface area contributed by atoms with Crippen LogP contribution in [0.25, 0.3) is 0 Å². The van der Waals surface area contributed by atoms with Crippen molar-refractivity contribution in [3.05, 3.63) is 23.8 Å². The molecular weight excluding hydrogens is 280 g/mol. The number of benzene rings is 1. The molecule has 0 saturated carbocycles. The monoisotopic (exact) mass is 298 g/mol. The molecule has 0 aliphatic carbocycles. The molecule has 7 heteroatoms. The topological polar surface area (TPSA) is 89.7 Å². The third-order valence-corrected chi connectivity index (χ3v) is 4.29. The lowest BCUT2D eigenvalue weighted by molar-refractivity contribution is -0.129. The van der Waals surface area contributed by atoms with Crippen molar-refractivity contribution in [2.24, 2.45) is 5.14 Å². The van der Waals surface area contributed by atoms with Crippen LogP contribution in [0.1, 0.15) is 18.4 Å². The molecule has 0 aromatic heterocycles. The Morgan fingerprint density at radius 2 is 2.00 bits per heavy atom. The van der Waals surface area contributed by atoms with E-state index in [0.717, 1.165) is 25.9 Å². The summed E-state index contributed by atoms with van der Waals surface area (Å²) in [6, 6.07) is 4.30. The van der Waals surface area contributed by atoms with Crippen LogP contribution < -0.4 is 9.88 Å². The van der Waals surface area contributed by atoms with E-state index in [0.29, 0.717) is 11.3 Å². The molecule has 20 heavy (non-hydrogen) atoms. The van der Waals surface area contributed by atoms with Crippen LogP contribution in [0, 0.1) is 0 Å². The number of sulfonamides is 1. The number of amides is 1. The lowest BCUT2D eigenvalue weighted by atomic mass is 10.1. The molecule has 1 fully saturated rings. The quantitative estimate of drug-likeness (QED) is 0.877. The van der Waals surface area contributed by atoms with Gasteiger partial charge in [0, 0.05) is 18.7 Å². The number of ether oxygens (including phenoxy) is 1. The van der Waals surface area contributed by atoms with Crippen LogP contribution in [0.5, 0.6) is 5.75 Å². The van der Waals surface area contributed by atoms with Gasteiger partial charge in [-0.2, -0.15) is 0 Å². The van der Waals surface area contributed by atoms with Crippen LogP contribution in [-0.2, 0) is 21.2 Å². The van der Waals surface area contributed by atoms with Gasteiger partial charge in [0.25, 0.3) is 0 Å². The Morgan fingerprint density at radius 3 is 2.55 bits per heavy atom. The van der Waals surface area contributed by atoms with Crippen molar-refractivity contribution in [3.8, 4) is 5.75 Å². The minimum Gasteiger partial charge on any atom is -0.496 e. The summed E-state index contributed by atoms with van der Waals surface area (Å²) in [4.78, 5) is 13.9. The zero-order valence-electron chi connectivity index (χ0n) is 11.3. The highest BCUT2D eigenvalue weighted by atomic mass is 32.2. The lowest BCUT2D eigenvalue weighted by Crippen LogP contribution is -2.29. The zero-order valence-corrected chi connectivity index (χ0v) is 12.1. The number of nitrogens with zero attached hydrogens (tertiary/aromatic N) is 1. The predicted octanol–water partition coefficient (Wildman–Crippen LogP) is 0.507. The molecule has 0 radical (unpaired) electrons. The first-order chi connectivity index (χ1) is 9.41. The molecule has 2 N–H and O–H groups in total. The summed E-state index contributed by atoms with van der Waals surface area (Å²) < 4.78 is 27.9. The molecule has 0 bridgehead atoms. The molecule has 110 valence electrons. The van der Waals surface area contributed by atoms with Gasteiger partial charge in [-0.3, -0.25) is 4.79 Å². The maximum atomic E-state index is 12.1. The van der Waals surface area contributed by atoms with E-state index in [1.807, 2.05) is 0 Å². The maximum Gasteiger partial charge on any atom is 0.238 e. The minimum absolute atomic E-state index is 0.0116. The maximum absolute atomic E-state index is 12.1. The van der Waals surface area contributed by atoms with Crippen LogP contribution in [0.4, 0.5) is 0 Å². The highest BCUT2D eigenvalue weighted by molar-refractivity contribution is 7.89. The average Bonchev–Trinajstić information content (AvgIpc) is 2.91. The van der Waals surface area contributed by atoms with Gasteiger partial charge in [0.2, 0.25) is 15.9 Å². The third-order valence-electron chi connectivity index (χ3n) is 3.38. The number of carbonyl (C=O) groups excluding carboxylic acids is 1. The second-order valence-corrected chi connectivity index (χ2v) is 6.34. The number of carbonyl (C=O) groups is 1.